The first-order valence-corrected chi connectivity index (χ1v) is 6.75. The van der Waals surface area contributed by atoms with E-state index in [1.165, 1.54) is 0 Å². The van der Waals surface area contributed by atoms with Crippen molar-refractivity contribution in [2.45, 2.75) is 65.6 Å². The van der Waals surface area contributed by atoms with E-state index < -0.39 is 12.0 Å². The number of aliphatic carboxylic acids is 1. The molecule has 1 atom stereocenters. The van der Waals surface area contributed by atoms with Gasteiger partial charge in [-0.05, 0) is 47.1 Å². The number of hydroxylamine groups is 2. The van der Waals surface area contributed by atoms with Gasteiger partial charge in [0.1, 0.15) is 6.04 Å². The minimum absolute atomic E-state index is 0.483. The molecule has 1 fully saturated rings. The predicted octanol–water partition coefficient (Wildman–Crippen LogP) is 2.05. The molecule has 0 aromatic heterocycles. The lowest BCUT2D eigenvalue weighted by atomic mass is 10.2. The highest BCUT2D eigenvalue weighted by Gasteiger charge is 2.28. The van der Waals surface area contributed by atoms with E-state index in [0.717, 1.165) is 18.0 Å². The zero-order valence-electron chi connectivity index (χ0n) is 12.3. The predicted molar refractivity (Wildman–Crippen MR) is 71.8 cm³/mol. The van der Waals surface area contributed by atoms with Crippen LogP contribution in [0.3, 0.4) is 0 Å². The molecule has 2 N–H and O–H groups in total. The molecule has 1 aliphatic heterocycles. The smallest absolute Gasteiger partial charge is 0.323 e. The zero-order chi connectivity index (χ0) is 14.3. The van der Waals surface area contributed by atoms with Crippen LogP contribution in [0.15, 0.2) is 0 Å². The van der Waals surface area contributed by atoms with Crippen molar-refractivity contribution in [3.8, 4) is 0 Å². The summed E-state index contributed by atoms with van der Waals surface area (Å²) >= 11 is 0. The minimum atomic E-state index is -0.935. The van der Waals surface area contributed by atoms with Crippen molar-refractivity contribution < 1.29 is 15.1 Å². The highest BCUT2D eigenvalue weighted by atomic mass is 16.5. The summed E-state index contributed by atoms with van der Waals surface area (Å²) in [4.78, 5) is 12.7. The van der Waals surface area contributed by atoms with Gasteiger partial charge in [-0.3, -0.25) is 9.69 Å². The molecule has 1 rings (SSSR count). The van der Waals surface area contributed by atoms with E-state index in [1.807, 2.05) is 0 Å². The normalized spacial score (nSPS) is 20.4. The summed E-state index contributed by atoms with van der Waals surface area (Å²) in [5, 5.41) is 18.1. The first-order chi connectivity index (χ1) is 8.31. The van der Waals surface area contributed by atoms with Crippen molar-refractivity contribution in [1.82, 2.24) is 9.96 Å². The van der Waals surface area contributed by atoms with Gasteiger partial charge in [0.25, 0.3) is 0 Å². The lowest BCUT2D eigenvalue weighted by molar-refractivity contribution is -0.160. The van der Waals surface area contributed by atoms with Crippen molar-refractivity contribution in [2.24, 2.45) is 0 Å². The second kappa shape index (κ2) is 8.45. The molecule has 18 heavy (non-hydrogen) atoms. The average molecular weight is 260 g/mol. The molecule has 5 heteroatoms. The van der Waals surface area contributed by atoms with E-state index in [9.17, 15) is 4.79 Å². The van der Waals surface area contributed by atoms with Gasteiger partial charge < -0.3 is 10.3 Å². The maximum Gasteiger partial charge on any atom is 0.323 e. The fraction of sp³-hybridized carbons (Fsp3) is 0.923. The first kappa shape index (κ1) is 17.4. The topological polar surface area (TPSA) is 64.0 Å². The number of carboxylic acids is 1. The van der Waals surface area contributed by atoms with Crippen LogP contribution in [0.1, 0.15) is 47.5 Å². The zero-order valence-corrected chi connectivity index (χ0v) is 12.3. The maximum atomic E-state index is 10.2. The summed E-state index contributed by atoms with van der Waals surface area (Å²) in [6.07, 6.45) is 1.33. The maximum absolute atomic E-state index is 10.2. The molecule has 0 saturated carbocycles. The quantitative estimate of drug-likeness (QED) is 0.810. The van der Waals surface area contributed by atoms with Crippen LogP contribution in [0.4, 0.5) is 0 Å². The molecule has 0 aliphatic carbocycles. The van der Waals surface area contributed by atoms with Crippen molar-refractivity contribution in [3.63, 3.8) is 0 Å². The average Bonchev–Trinajstić information content (AvgIpc) is 2.65. The first-order valence-electron chi connectivity index (χ1n) is 6.75. The number of carbonyl (C=O) groups is 1. The number of rotatable bonds is 4. The molecular formula is C13H28N2O3. The van der Waals surface area contributed by atoms with Gasteiger partial charge in [-0.15, -0.1) is 0 Å². The third-order valence-corrected chi connectivity index (χ3v) is 3.20. The molecule has 1 unspecified atom stereocenters. The molecule has 0 radical (unpaired) electrons. The van der Waals surface area contributed by atoms with Crippen LogP contribution in [0, 0.1) is 0 Å². The van der Waals surface area contributed by atoms with Gasteiger partial charge in [-0.2, -0.15) is 5.06 Å². The highest BCUT2D eigenvalue weighted by molar-refractivity contribution is 5.73. The van der Waals surface area contributed by atoms with E-state index in [2.05, 4.69) is 39.5 Å². The Morgan fingerprint density at radius 2 is 1.83 bits per heavy atom. The van der Waals surface area contributed by atoms with Gasteiger partial charge in [-0.1, -0.05) is 6.92 Å². The number of hydrogen-bond donors (Lipinski definition) is 2. The van der Waals surface area contributed by atoms with Crippen molar-refractivity contribution in [2.75, 3.05) is 13.1 Å². The van der Waals surface area contributed by atoms with E-state index in [4.69, 9.17) is 10.3 Å². The van der Waals surface area contributed by atoms with E-state index in [-0.39, 0.29) is 0 Å². The summed E-state index contributed by atoms with van der Waals surface area (Å²) in [6, 6.07) is 0.718. The summed E-state index contributed by atoms with van der Waals surface area (Å²) < 4.78 is 0. The van der Waals surface area contributed by atoms with Crippen LogP contribution < -0.4 is 0 Å². The van der Waals surface area contributed by atoms with Gasteiger partial charge in [-0.25, -0.2) is 0 Å². The lowest BCUT2D eigenvalue weighted by Crippen LogP contribution is -2.36. The molecule has 0 amide bonds. The Balaban J connectivity index is 0.000000321. The second-order valence-corrected chi connectivity index (χ2v) is 5.18. The van der Waals surface area contributed by atoms with Crippen molar-refractivity contribution in [1.29, 1.82) is 0 Å². The number of carboxylic acid groups (broad SMARTS) is 1. The summed E-state index contributed by atoms with van der Waals surface area (Å²) in [5.41, 5.74) is 0. The van der Waals surface area contributed by atoms with Gasteiger partial charge in [0.15, 0.2) is 0 Å². The van der Waals surface area contributed by atoms with Crippen LogP contribution in [0.5, 0.6) is 0 Å². The number of hydrogen-bond acceptors (Lipinski definition) is 4. The van der Waals surface area contributed by atoms with Crippen LogP contribution in [0.2, 0.25) is 0 Å². The summed E-state index contributed by atoms with van der Waals surface area (Å²) in [6.45, 7) is 12.8. The molecule has 1 aliphatic rings. The molecule has 108 valence electrons. The monoisotopic (exact) mass is 260 g/mol. The Bertz CT molecular complexity index is 236. The van der Waals surface area contributed by atoms with Crippen molar-refractivity contribution >= 4 is 5.97 Å². The Hall–Kier alpha value is -0.650. The van der Waals surface area contributed by atoms with Crippen LogP contribution in [-0.4, -0.2) is 57.5 Å². The molecular weight excluding hydrogens is 232 g/mol. The van der Waals surface area contributed by atoms with E-state index >= 15 is 0 Å². The van der Waals surface area contributed by atoms with Crippen molar-refractivity contribution in [3.05, 3.63) is 0 Å². The van der Waals surface area contributed by atoms with Gasteiger partial charge in [0.2, 0.25) is 0 Å². The fourth-order valence-electron chi connectivity index (χ4n) is 2.33. The molecule has 0 aromatic rings. The Morgan fingerprint density at radius 1 is 1.33 bits per heavy atom. The van der Waals surface area contributed by atoms with Gasteiger partial charge in [0, 0.05) is 18.6 Å². The molecule has 5 nitrogen and oxygen atoms in total. The molecule has 1 saturated heterocycles. The Morgan fingerprint density at radius 3 is 1.94 bits per heavy atom. The number of nitrogens with zero attached hydrogens (tertiary/aromatic N) is 2. The van der Waals surface area contributed by atoms with E-state index in [0.29, 0.717) is 25.0 Å². The van der Waals surface area contributed by atoms with Crippen LogP contribution >= 0.6 is 0 Å². The summed E-state index contributed by atoms with van der Waals surface area (Å²) in [5.74, 6) is -0.935. The van der Waals surface area contributed by atoms with Gasteiger partial charge >= 0.3 is 5.97 Å². The van der Waals surface area contributed by atoms with Crippen LogP contribution in [0.25, 0.3) is 0 Å². The fourth-order valence-corrected chi connectivity index (χ4v) is 2.33. The lowest BCUT2D eigenvalue weighted by Gasteiger charge is -2.28. The van der Waals surface area contributed by atoms with Crippen LogP contribution in [-0.2, 0) is 4.79 Å². The largest absolute Gasteiger partial charge is 0.480 e. The SMILES string of the molecule is CCN(C(C)C)C(C)C.O=C(O)C1CCCN1O. The highest BCUT2D eigenvalue weighted by Crippen LogP contribution is 2.13. The third kappa shape index (κ3) is 5.80. The molecule has 1 heterocycles. The minimum Gasteiger partial charge on any atom is -0.480 e. The molecule has 0 spiro atoms. The molecule has 0 bridgehead atoms. The standard InChI is InChI=1S/C8H19N.C5H9NO3/c1-6-9(7(2)3)8(4)5;7-5(8)4-2-1-3-6(4)9/h7-8H,6H2,1-5H3;4,9H,1-3H2,(H,7,8). The Kier molecular flexibility index (Phi) is 8.15. The Labute approximate surface area is 110 Å². The second-order valence-electron chi connectivity index (χ2n) is 5.18. The molecule has 0 aromatic carbocycles. The summed E-state index contributed by atoms with van der Waals surface area (Å²) in [7, 11) is 0. The van der Waals surface area contributed by atoms with Gasteiger partial charge in [0.05, 0.1) is 0 Å². The third-order valence-electron chi connectivity index (χ3n) is 3.20. The van der Waals surface area contributed by atoms with E-state index in [1.54, 1.807) is 0 Å².